The van der Waals surface area contributed by atoms with Crippen molar-refractivity contribution in [3.05, 3.63) is 72.8 Å². The summed E-state index contributed by atoms with van der Waals surface area (Å²) in [7, 11) is 2.13. The molecule has 0 spiro atoms. The van der Waals surface area contributed by atoms with E-state index in [-0.39, 0.29) is 0 Å². The van der Waals surface area contributed by atoms with Crippen LogP contribution in [0, 0.1) is 0 Å². The molecule has 4 rings (SSSR count). The average molecular weight is 289 g/mol. The lowest BCUT2D eigenvalue weighted by atomic mass is 10.1. The number of thiophene rings is 1. The van der Waals surface area contributed by atoms with Gasteiger partial charge in [-0.1, -0.05) is 48.5 Å². The topological polar surface area (TPSA) is 3.24 Å². The first-order valence-electron chi connectivity index (χ1n) is 7.03. The Hall–Kier alpha value is -2.32. The molecule has 0 amide bonds. The minimum absolute atomic E-state index is 1.21. The van der Waals surface area contributed by atoms with E-state index < -0.39 is 0 Å². The van der Waals surface area contributed by atoms with Crippen LogP contribution in [0.5, 0.6) is 0 Å². The lowest BCUT2D eigenvalue weighted by molar-refractivity contribution is 1.22. The number of rotatable bonds is 2. The van der Waals surface area contributed by atoms with E-state index in [9.17, 15) is 0 Å². The summed E-state index contributed by atoms with van der Waals surface area (Å²) >= 11 is 1.87. The summed E-state index contributed by atoms with van der Waals surface area (Å²) in [5.41, 5.74) is 2.47. The van der Waals surface area contributed by atoms with Gasteiger partial charge in [0.2, 0.25) is 0 Å². The van der Waals surface area contributed by atoms with E-state index in [1.165, 1.54) is 31.5 Å². The summed E-state index contributed by atoms with van der Waals surface area (Å²) in [6.07, 6.45) is 0. The fourth-order valence-corrected chi connectivity index (χ4v) is 4.04. The Morgan fingerprint density at radius 1 is 0.714 bits per heavy atom. The molecule has 0 aliphatic heterocycles. The van der Waals surface area contributed by atoms with Crippen LogP contribution in [-0.4, -0.2) is 7.05 Å². The Labute approximate surface area is 128 Å². The highest BCUT2D eigenvalue weighted by molar-refractivity contribution is 7.26. The van der Waals surface area contributed by atoms with Crippen molar-refractivity contribution in [2.24, 2.45) is 0 Å². The molecule has 0 fully saturated rings. The summed E-state index contributed by atoms with van der Waals surface area (Å²) in [5, 5.41) is 2.69. The van der Waals surface area contributed by atoms with E-state index >= 15 is 0 Å². The number of benzene rings is 3. The first-order chi connectivity index (χ1) is 10.3. The summed E-state index contributed by atoms with van der Waals surface area (Å²) < 4.78 is 2.70. The van der Waals surface area contributed by atoms with Gasteiger partial charge in [-0.15, -0.1) is 11.3 Å². The van der Waals surface area contributed by atoms with Gasteiger partial charge in [0.1, 0.15) is 0 Å². The molecule has 4 aromatic rings. The molecule has 0 saturated heterocycles. The highest BCUT2D eigenvalue weighted by atomic mass is 32.1. The predicted octanol–water partition coefficient (Wildman–Crippen LogP) is 5.82. The quantitative estimate of drug-likeness (QED) is 0.449. The van der Waals surface area contributed by atoms with Crippen molar-refractivity contribution in [3.8, 4) is 0 Å². The van der Waals surface area contributed by atoms with Crippen molar-refractivity contribution in [1.29, 1.82) is 0 Å². The minimum Gasteiger partial charge on any atom is -0.343 e. The molecule has 1 heterocycles. The smallest absolute Gasteiger partial charge is 0.0592 e. The van der Waals surface area contributed by atoms with Crippen molar-refractivity contribution < 1.29 is 0 Å². The molecule has 0 aliphatic carbocycles. The normalized spacial score (nSPS) is 11.1. The van der Waals surface area contributed by atoms with Crippen molar-refractivity contribution in [3.63, 3.8) is 0 Å². The van der Waals surface area contributed by atoms with E-state index in [0.717, 1.165) is 0 Å². The lowest BCUT2D eigenvalue weighted by Crippen LogP contribution is -2.08. The third-order valence-corrected chi connectivity index (χ3v) is 5.10. The van der Waals surface area contributed by atoms with Crippen LogP contribution < -0.4 is 4.90 Å². The number of nitrogens with zero attached hydrogens (tertiary/aromatic N) is 1. The number of anilines is 2. The number of hydrogen-bond acceptors (Lipinski definition) is 2. The van der Waals surface area contributed by atoms with Gasteiger partial charge in [-0.25, -0.2) is 0 Å². The molecule has 102 valence electrons. The Morgan fingerprint density at radius 2 is 1.43 bits per heavy atom. The number of fused-ring (bicyclic) bond motifs is 3. The Bertz CT molecular complexity index is 909. The van der Waals surface area contributed by atoms with Gasteiger partial charge in [-0.05, 0) is 24.3 Å². The van der Waals surface area contributed by atoms with Gasteiger partial charge in [-0.3, -0.25) is 0 Å². The van der Waals surface area contributed by atoms with Gasteiger partial charge < -0.3 is 4.90 Å². The fraction of sp³-hybridized carbons (Fsp3) is 0.0526. The Balaban J connectivity index is 1.97. The molecule has 1 aromatic heterocycles. The maximum atomic E-state index is 2.26. The molecule has 1 nitrogen and oxygen atoms in total. The van der Waals surface area contributed by atoms with E-state index in [4.69, 9.17) is 0 Å². The minimum atomic E-state index is 1.21. The van der Waals surface area contributed by atoms with Crippen LogP contribution in [0.1, 0.15) is 0 Å². The van der Waals surface area contributed by atoms with Crippen LogP contribution in [0.2, 0.25) is 0 Å². The van der Waals surface area contributed by atoms with E-state index in [1.54, 1.807) is 0 Å². The van der Waals surface area contributed by atoms with Crippen molar-refractivity contribution in [1.82, 2.24) is 0 Å². The van der Waals surface area contributed by atoms with Crippen LogP contribution in [0.3, 0.4) is 0 Å². The average Bonchev–Trinajstić information content (AvgIpc) is 2.94. The molecule has 0 saturated carbocycles. The summed E-state index contributed by atoms with van der Waals surface area (Å²) in [6.45, 7) is 0. The first-order valence-corrected chi connectivity index (χ1v) is 7.85. The van der Waals surface area contributed by atoms with Gasteiger partial charge in [0, 0.05) is 28.2 Å². The standard InChI is InChI=1S/C19H15NS/c1-20(14-8-3-2-4-9-14)17-12-7-11-16-15-10-5-6-13-18(15)21-19(16)17/h2-13H,1H3. The molecule has 0 N–H and O–H groups in total. The summed E-state index contributed by atoms with van der Waals surface area (Å²) in [4.78, 5) is 2.26. The summed E-state index contributed by atoms with van der Waals surface area (Å²) in [5.74, 6) is 0. The van der Waals surface area contributed by atoms with Crippen LogP contribution in [0.4, 0.5) is 11.4 Å². The van der Waals surface area contributed by atoms with Gasteiger partial charge >= 0.3 is 0 Å². The molecule has 0 atom stereocenters. The largest absolute Gasteiger partial charge is 0.343 e. The second-order valence-corrected chi connectivity index (χ2v) is 6.20. The van der Waals surface area contributed by atoms with Crippen LogP contribution in [0.25, 0.3) is 20.2 Å². The second-order valence-electron chi connectivity index (χ2n) is 5.15. The number of hydrogen-bond donors (Lipinski definition) is 0. The second kappa shape index (κ2) is 4.90. The SMILES string of the molecule is CN(c1ccccc1)c1cccc2c1sc1ccccc12. The van der Waals surface area contributed by atoms with Crippen LogP contribution in [-0.2, 0) is 0 Å². The van der Waals surface area contributed by atoms with Crippen molar-refractivity contribution in [2.45, 2.75) is 0 Å². The first kappa shape index (κ1) is 12.4. The van der Waals surface area contributed by atoms with E-state index in [2.05, 4.69) is 84.7 Å². The molecule has 0 radical (unpaired) electrons. The van der Waals surface area contributed by atoms with Gasteiger partial charge in [0.05, 0.1) is 10.4 Å². The third-order valence-electron chi connectivity index (χ3n) is 3.89. The molecule has 0 aliphatic rings. The molecule has 0 bridgehead atoms. The Morgan fingerprint density at radius 3 is 2.29 bits per heavy atom. The summed E-state index contributed by atoms with van der Waals surface area (Å²) in [6, 6.07) is 25.7. The van der Waals surface area contributed by atoms with E-state index in [1.807, 2.05) is 11.3 Å². The number of para-hydroxylation sites is 1. The molecule has 0 unspecified atom stereocenters. The maximum absolute atomic E-state index is 2.26. The monoisotopic (exact) mass is 289 g/mol. The molecule has 3 aromatic carbocycles. The van der Waals surface area contributed by atoms with Gasteiger partial charge in [-0.2, -0.15) is 0 Å². The van der Waals surface area contributed by atoms with Crippen molar-refractivity contribution in [2.75, 3.05) is 11.9 Å². The molecular formula is C19H15NS. The zero-order chi connectivity index (χ0) is 14.2. The zero-order valence-corrected chi connectivity index (χ0v) is 12.6. The fourth-order valence-electron chi connectivity index (χ4n) is 2.79. The third kappa shape index (κ3) is 1.99. The lowest BCUT2D eigenvalue weighted by Gasteiger charge is -2.20. The predicted molar refractivity (Wildman–Crippen MR) is 93.8 cm³/mol. The molecule has 2 heteroatoms. The van der Waals surface area contributed by atoms with Gasteiger partial charge in [0.15, 0.2) is 0 Å². The molecule has 21 heavy (non-hydrogen) atoms. The van der Waals surface area contributed by atoms with E-state index in [0.29, 0.717) is 0 Å². The van der Waals surface area contributed by atoms with Crippen molar-refractivity contribution >= 4 is 42.9 Å². The highest BCUT2D eigenvalue weighted by Gasteiger charge is 2.12. The van der Waals surface area contributed by atoms with Crippen LogP contribution in [0.15, 0.2) is 72.8 Å². The zero-order valence-electron chi connectivity index (χ0n) is 11.8. The Kier molecular flexibility index (Phi) is 2.90. The highest BCUT2D eigenvalue weighted by Crippen LogP contribution is 2.40. The molecular weight excluding hydrogens is 274 g/mol. The van der Waals surface area contributed by atoms with Gasteiger partial charge in [0.25, 0.3) is 0 Å². The maximum Gasteiger partial charge on any atom is 0.0592 e. The van der Waals surface area contributed by atoms with Crippen LogP contribution >= 0.6 is 11.3 Å².